The van der Waals surface area contributed by atoms with Gasteiger partial charge in [0.05, 0.1) is 0 Å². The van der Waals surface area contributed by atoms with Crippen molar-refractivity contribution in [2.75, 3.05) is 6.54 Å². The molecule has 1 atom stereocenters. The Bertz CT molecular complexity index is 282. The number of benzene rings is 1. The van der Waals surface area contributed by atoms with E-state index >= 15 is 0 Å². The predicted octanol–water partition coefficient (Wildman–Crippen LogP) is 3.05. The van der Waals surface area contributed by atoms with E-state index in [9.17, 15) is 0 Å². The van der Waals surface area contributed by atoms with E-state index in [0.717, 1.165) is 11.0 Å². The summed E-state index contributed by atoms with van der Waals surface area (Å²) in [6, 6.07) is 8.65. The fourth-order valence-electron chi connectivity index (χ4n) is 1.95. The monoisotopic (exact) mass is 239 g/mol. The summed E-state index contributed by atoms with van der Waals surface area (Å²) in [5.74, 6) is 0. The molecule has 0 aromatic heterocycles. The lowest BCUT2D eigenvalue weighted by Crippen LogP contribution is -2.53. The molecule has 0 bridgehead atoms. The van der Waals surface area contributed by atoms with Crippen molar-refractivity contribution in [2.24, 2.45) is 0 Å². The Kier molecular flexibility index (Phi) is 2.43. The molecule has 1 heterocycles. The molecule has 2 heteroatoms. The van der Waals surface area contributed by atoms with E-state index in [2.05, 4.69) is 52.4 Å². The van der Waals surface area contributed by atoms with Crippen LogP contribution in [-0.4, -0.2) is 6.54 Å². The molecule has 1 fully saturated rings. The Morgan fingerprint density at radius 3 is 2.38 bits per heavy atom. The summed E-state index contributed by atoms with van der Waals surface area (Å²) in [5.41, 5.74) is 1.70. The van der Waals surface area contributed by atoms with Crippen LogP contribution in [0.4, 0.5) is 0 Å². The lowest BCUT2D eigenvalue weighted by atomic mass is 9.79. The van der Waals surface area contributed by atoms with Gasteiger partial charge < -0.3 is 5.32 Å². The maximum absolute atomic E-state index is 3.53. The molecule has 1 saturated heterocycles. The fourth-order valence-corrected chi connectivity index (χ4v) is 2.21. The average Bonchev–Trinajstić information content (AvgIpc) is 2.07. The zero-order chi connectivity index (χ0) is 9.31. The molecule has 70 valence electrons. The van der Waals surface area contributed by atoms with Gasteiger partial charge in [-0.05, 0) is 37.1 Å². The van der Waals surface area contributed by atoms with Crippen LogP contribution in [0.1, 0.15) is 25.3 Å². The Morgan fingerprint density at radius 2 is 2.00 bits per heavy atom. The van der Waals surface area contributed by atoms with Crippen LogP contribution in [0.25, 0.3) is 0 Å². The molecule has 0 amide bonds. The van der Waals surface area contributed by atoms with Gasteiger partial charge in [0.25, 0.3) is 0 Å². The molecular formula is C11H14BrN. The molecule has 0 radical (unpaired) electrons. The molecule has 1 aromatic rings. The molecule has 0 aliphatic carbocycles. The fraction of sp³-hybridized carbons (Fsp3) is 0.455. The smallest absolute Gasteiger partial charge is 0.0444 e. The van der Waals surface area contributed by atoms with Crippen LogP contribution in [0, 0.1) is 0 Å². The van der Waals surface area contributed by atoms with E-state index < -0.39 is 0 Å². The van der Waals surface area contributed by atoms with Crippen molar-refractivity contribution < 1.29 is 0 Å². The number of rotatable bonds is 2. The maximum Gasteiger partial charge on any atom is 0.0444 e. The first-order valence-corrected chi connectivity index (χ1v) is 5.57. The topological polar surface area (TPSA) is 12.0 Å². The second-order valence-corrected chi connectivity index (χ2v) is 4.54. The molecule has 0 spiro atoms. The third-order valence-electron chi connectivity index (χ3n) is 3.02. The molecule has 1 N–H and O–H groups in total. The highest BCUT2D eigenvalue weighted by Crippen LogP contribution is 2.34. The van der Waals surface area contributed by atoms with Gasteiger partial charge in [0.15, 0.2) is 0 Å². The van der Waals surface area contributed by atoms with Gasteiger partial charge in [0, 0.05) is 10.0 Å². The van der Waals surface area contributed by atoms with E-state index in [1.807, 2.05) is 0 Å². The Balaban J connectivity index is 2.28. The molecular weight excluding hydrogens is 226 g/mol. The first-order valence-electron chi connectivity index (χ1n) is 4.78. The summed E-state index contributed by atoms with van der Waals surface area (Å²) in [4.78, 5) is 0. The lowest BCUT2D eigenvalue weighted by molar-refractivity contribution is 0.201. The summed E-state index contributed by atoms with van der Waals surface area (Å²) in [6.07, 6.45) is 2.44. The Morgan fingerprint density at radius 1 is 1.38 bits per heavy atom. The first kappa shape index (κ1) is 9.22. The highest BCUT2D eigenvalue weighted by Gasteiger charge is 2.35. The second kappa shape index (κ2) is 3.43. The number of hydrogen-bond acceptors (Lipinski definition) is 1. The molecule has 1 aliphatic rings. The number of hydrogen-bond donors (Lipinski definition) is 1. The molecule has 2 rings (SSSR count). The standard InChI is InChI=1S/C11H14BrN/c1-2-11(7-8-13-11)9-3-5-10(12)6-4-9/h3-6,13H,2,7-8H2,1H3. The van der Waals surface area contributed by atoms with Gasteiger partial charge in [-0.2, -0.15) is 0 Å². The molecule has 1 aliphatic heterocycles. The van der Waals surface area contributed by atoms with Crippen LogP contribution in [0.3, 0.4) is 0 Å². The minimum atomic E-state index is 0.278. The number of halogens is 1. The van der Waals surface area contributed by atoms with Crippen molar-refractivity contribution in [1.29, 1.82) is 0 Å². The van der Waals surface area contributed by atoms with Gasteiger partial charge in [-0.1, -0.05) is 35.0 Å². The Hall–Kier alpha value is -0.340. The van der Waals surface area contributed by atoms with E-state index in [4.69, 9.17) is 0 Å². The van der Waals surface area contributed by atoms with Crippen LogP contribution in [0.2, 0.25) is 0 Å². The zero-order valence-corrected chi connectivity index (χ0v) is 9.39. The van der Waals surface area contributed by atoms with Gasteiger partial charge in [0.2, 0.25) is 0 Å². The normalized spacial score (nSPS) is 26.9. The summed E-state index contributed by atoms with van der Waals surface area (Å²) in [5, 5.41) is 3.53. The minimum absolute atomic E-state index is 0.278. The first-order chi connectivity index (χ1) is 6.27. The van der Waals surface area contributed by atoms with Gasteiger partial charge in [0.1, 0.15) is 0 Å². The van der Waals surface area contributed by atoms with Crippen molar-refractivity contribution in [1.82, 2.24) is 5.32 Å². The van der Waals surface area contributed by atoms with Gasteiger partial charge in [-0.15, -0.1) is 0 Å². The summed E-state index contributed by atoms with van der Waals surface area (Å²) < 4.78 is 1.15. The lowest BCUT2D eigenvalue weighted by Gasteiger charge is -2.43. The molecule has 0 saturated carbocycles. The zero-order valence-electron chi connectivity index (χ0n) is 7.81. The largest absolute Gasteiger partial charge is 0.307 e. The van der Waals surface area contributed by atoms with Gasteiger partial charge in [-0.25, -0.2) is 0 Å². The SMILES string of the molecule is CCC1(c2ccc(Br)cc2)CCN1. The molecule has 1 aromatic carbocycles. The summed E-state index contributed by atoms with van der Waals surface area (Å²) in [6.45, 7) is 3.40. The van der Waals surface area contributed by atoms with E-state index in [1.165, 1.54) is 18.4 Å². The van der Waals surface area contributed by atoms with Crippen LogP contribution in [0.15, 0.2) is 28.7 Å². The quantitative estimate of drug-likeness (QED) is 0.837. The predicted molar refractivity (Wildman–Crippen MR) is 58.7 cm³/mol. The molecule has 1 nitrogen and oxygen atoms in total. The summed E-state index contributed by atoms with van der Waals surface area (Å²) >= 11 is 3.45. The van der Waals surface area contributed by atoms with Gasteiger partial charge in [-0.3, -0.25) is 0 Å². The average molecular weight is 240 g/mol. The van der Waals surface area contributed by atoms with Crippen molar-refractivity contribution in [3.05, 3.63) is 34.3 Å². The third kappa shape index (κ3) is 1.53. The second-order valence-electron chi connectivity index (χ2n) is 3.62. The van der Waals surface area contributed by atoms with Crippen molar-refractivity contribution >= 4 is 15.9 Å². The van der Waals surface area contributed by atoms with Gasteiger partial charge >= 0.3 is 0 Å². The van der Waals surface area contributed by atoms with Crippen molar-refractivity contribution in [2.45, 2.75) is 25.3 Å². The third-order valence-corrected chi connectivity index (χ3v) is 3.54. The highest BCUT2D eigenvalue weighted by molar-refractivity contribution is 9.10. The van der Waals surface area contributed by atoms with Crippen LogP contribution in [-0.2, 0) is 5.54 Å². The Labute approximate surface area is 87.7 Å². The number of nitrogens with one attached hydrogen (secondary N) is 1. The molecule has 1 unspecified atom stereocenters. The van der Waals surface area contributed by atoms with Crippen LogP contribution in [0.5, 0.6) is 0 Å². The highest BCUT2D eigenvalue weighted by atomic mass is 79.9. The van der Waals surface area contributed by atoms with Crippen LogP contribution < -0.4 is 5.32 Å². The van der Waals surface area contributed by atoms with E-state index in [0.29, 0.717) is 0 Å². The van der Waals surface area contributed by atoms with E-state index in [-0.39, 0.29) is 5.54 Å². The van der Waals surface area contributed by atoms with Crippen LogP contribution >= 0.6 is 15.9 Å². The minimum Gasteiger partial charge on any atom is -0.307 e. The van der Waals surface area contributed by atoms with Crippen molar-refractivity contribution in [3.8, 4) is 0 Å². The van der Waals surface area contributed by atoms with E-state index in [1.54, 1.807) is 0 Å². The maximum atomic E-state index is 3.53. The summed E-state index contributed by atoms with van der Waals surface area (Å²) in [7, 11) is 0. The molecule has 13 heavy (non-hydrogen) atoms. The van der Waals surface area contributed by atoms with Crippen molar-refractivity contribution in [3.63, 3.8) is 0 Å².